The van der Waals surface area contributed by atoms with E-state index in [2.05, 4.69) is 36.2 Å². The molecule has 0 radical (unpaired) electrons. The fourth-order valence-electron chi connectivity index (χ4n) is 1.37. The summed E-state index contributed by atoms with van der Waals surface area (Å²) in [5.74, 6) is 0.602. The van der Waals surface area contributed by atoms with Gasteiger partial charge >= 0.3 is 0 Å². The fraction of sp³-hybridized carbons (Fsp3) is 0.300. The quantitative estimate of drug-likeness (QED) is 0.510. The SMILES string of the molecule is CC1C=c2ccccc2=NC1. The van der Waals surface area contributed by atoms with Crippen LogP contribution in [0.2, 0.25) is 0 Å². The third kappa shape index (κ3) is 1.18. The molecule has 1 heteroatoms. The highest BCUT2D eigenvalue weighted by molar-refractivity contribution is 5.28. The van der Waals surface area contributed by atoms with Gasteiger partial charge in [-0.3, -0.25) is 4.99 Å². The number of rotatable bonds is 0. The molecule has 1 aliphatic heterocycles. The Kier molecular flexibility index (Phi) is 1.50. The van der Waals surface area contributed by atoms with Gasteiger partial charge in [0.15, 0.2) is 0 Å². The molecule has 1 nitrogen and oxygen atoms in total. The molecule has 1 atom stereocenters. The summed E-state index contributed by atoms with van der Waals surface area (Å²) >= 11 is 0. The van der Waals surface area contributed by atoms with Gasteiger partial charge in [-0.25, -0.2) is 0 Å². The average molecular weight is 145 g/mol. The molecule has 0 N–H and O–H groups in total. The smallest absolute Gasteiger partial charge is 0.0643 e. The molecule has 0 saturated carbocycles. The molecule has 1 unspecified atom stereocenters. The van der Waals surface area contributed by atoms with Gasteiger partial charge in [-0.05, 0) is 17.2 Å². The van der Waals surface area contributed by atoms with Crippen molar-refractivity contribution in [1.82, 2.24) is 0 Å². The van der Waals surface area contributed by atoms with Crippen LogP contribution < -0.4 is 10.6 Å². The molecule has 0 aliphatic carbocycles. The minimum atomic E-state index is 0.602. The summed E-state index contributed by atoms with van der Waals surface area (Å²) in [6, 6.07) is 8.28. The summed E-state index contributed by atoms with van der Waals surface area (Å²) in [4.78, 5) is 4.44. The standard InChI is InChI=1S/C10H11N/c1-8-6-9-4-2-3-5-10(9)11-7-8/h2-6,8H,7H2,1H3. The lowest BCUT2D eigenvalue weighted by atomic mass is 10.1. The maximum atomic E-state index is 4.44. The second-order valence-corrected chi connectivity index (χ2v) is 3.04. The van der Waals surface area contributed by atoms with Crippen molar-refractivity contribution < 1.29 is 0 Å². The Balaban J connectivity index is 2.73. The van der Waals surface area contributed by atoms with Crippen LogP contribution in [0, 0.1) is 5.92 Å². The molecule has 0 aromatic heterocycles. The molecule has 2 rings (SSSR count). The Bertz CT molecular complexity index is 365. The normalized spacial score (nSPS) is 21.4. The predicted molar refractivity (Wildman–Crippen MR) is 45.7 cm³/mol. The van der Waals surface area contributed by atoms with E-state index in [1.54, 1.807) is 0 Å². The molecule has 0 bridgehead atoms. The van der Waals surface area contributed by atoms with Crippen LogP contribution in [-0.4, -0.2) is 6.54 Å². The van der Waals surface area contributed by atoms with Gasteiger partial charge in [0.1, 0.15) is 0 Å². The maximum absolute atomic E-state index is 4.44. The van der Waals surface area contributed by atoms with Crippen molar-refractivity contribution in [3.63, 3.8) is 0 Å². The molecular weight excluding hydrogens is 134 g/mol. The summed E-state index contributed by atoms with van der Waals surface area (Å²) in [6.45, 7) is 3.14. The van der Waals surface area contributed by atoms with Gasteiger partial charge in [-0.15, -0.1) is 0 Å². The van der Waals surface area contributed by atoms with Crippen LogP contribution in [-0.2, 0) is 0 Å². The van der Waals surface area contributed by atoms with Gasteiger partial charge in [0.05, 0.1) is 5.36 Å². The maximum Gasteiger partial charge on any atom is 0.0643 e. The fourth-order valence-corrected chi connectivity index (χ4v) is 1.37. The van der Waals surface area contributed by atoms with Gasteiger partial charge in [0.2, 0.25) is 0 Å². The molecule has 0 spiro atoms. The van der Waals surface area contributed by atoms with Gasteiger partial charge in [0, 0.05) is 6.54 Å². The molecule has 1 heterocycles. The van der Waals surface area contributed by atoms with Crippen molar-refractivity contribution in [1.29, 1.82) is 0 Å². The first-order valence-electron chi connectivity index (χ1n) is 3.97. The zero-order chi connectivity index (χ0) is 7.68. The molecule has 0 amide bonds. The van der Waals surface area contributed by atoms with Crippen LogP contribution in [0.1, 0.15) is 6.92 Å². The van der Waals surface area contributed by atoms with Gasteiger partial charge < -0.3 is 0 Å². The van der Waals surface area contributed by atoms with Crippen LogP contribution in [0.25, 0.3) is 6.08 Å². The zero-order valence-electron chi connectivity index (χ0n) is 6.62. The number of fused-ring (bicyclic) bond motifs is 1. The van der Waals surface area contributed by atoms with E-state index in [0.29, 0.717) is 5.92 Å². The number of para-hydroxylation sites is 1. The summed E-state index contributed by atoms with van der Waals surface area (Å²) in [6.07, 6.45) is 2.28. The Hall–Kier alpha value is -1.11. The molecule has 0 fully saturated rings. The van der Waals surface area contributed by atoms with Crippen molar-refractivity contribution in [3.05, 3.63) is 34.8 Å². The lowest BCUT2D eigenvalue weighted by Gasteiger charge is -2.05. The van der Waals surface area contributed by atoms with E-state index in [9.17, 15) is 0 Å². The molecule has 1 aliphatic rings. The predicted octanol–water partition coefficient (Wildman–Crippen LogP) is 0.736. The number of hydrogen-bond acceptors (Lipinski definition) is 1. The molecule has 11 heavy (non-hydrogen) atoms. The second kappa shape index (κ2) is 2.50. The summed E-state index contributed by atoms with van der Waals surface area (Å²) in [5.41, 5.74) is 0. The van der Waals surface area contributed by atoms with Crippen LogP contribution >= 0.6 is 0 Å². The van der Waals surface area contributed by atoms with Crippen LogP contribution in [0.15, 0.2) is 29.3 Å². The summed E-state index contributed by atoms with van der Waals surface area (Å²) in [7, 11) is 0. The average Bonchev–Trinajstić information content (AvgIpc) is 2.04. The van der Waals surface area contributed by atoms with E-state index < -0.39 is 0 Å². The summed E-state index contributed by atoms with van der Waals surface area (Å²) < 4.78 is 0. The van der Waals surface area contributed by atoms with Gasteiger partial charge in [-0.1, -0.05) is 31.2 Å². The van der Waals surface area contributed by atoms with Gasteiger partial charge in [0.25, 0.3) is 0 Å². The highest BCUT2D eigenvalue weighted by Gasteiger charge is 1.99. The van der Waals surface area contributed by atoms with Crippen LogP contribution in [0.3, 0.4) is 0 Å². The van der Waals surface area contributed by atoms with Crippen molar-refractivity contribution in [2.45, 2.75) is 6.92 Å². The lowest BCUT2D eigenvalue weighted by Crippen LogP contribution is -2.29. The topological polar surface area (TPSA) is 12.4 Å². The van der Waals surface area contributed by atoms with E-state index in [1.165, 1.54) is 5.22 Å². The lowest BCUT2D eigenvalue weighted by molar-refractivity contribution is 0.747. The molecule has 1 aromatic carbocycles. The Morgan fingerprint density at radius 2 is 2.18 bits per heavy atom. The highest BCUT2D eigenvalue weighted by atomic mass is 14.7. The van der Waals surface area contributed by atoms with Crippen LogP contribution in [0.4, 0.5) is 0 Å². The van der Waals surface area contributed by atoms with E-state index in [-0.39, 0.29) is 0 Å². The van der Waals surface area contributed by atoms with Crippen molar-refractivity contribution in [3.8, 4) is 0 Å². The first kappa shape index (κ1) is 6.59. The number of benzene rings is 1. The Labute approximate surface area is 66.1 Å². The van der Waals surface area contributed by atoms with E-state index >= 15 is 0 Å². The zero-order valence-corrected chi connectivity index (χ0v) is 6.62. The van der Waals surface area contributed by atoms with E-state index in [1.807, 2.05) is 6.07 Å². The molecule has 56 valence electrons. The number of hydrogen-bond donors (Lipinski definition) is 0. The van der Waals surface area contributed by atoms with Crippen molar-refractivity contribution in [2.24, 2.45) is 10.9 Å². The highest BCUT2D eigenvalue weighted by Crippen LogP contribution is 1.97. The van der Waals surface area contributed by atoms with Gasteiger partial charge in [-0.2, -0.15) is 0 Å². The monoisotopic (exact) mass is 145 g/mol. The molecular formula is C10H11N. The third-order valence-corrected chi connectivity index (χ3v) is 1.95. The Morgan fingerprint density at radius 1 is 1.36 bits per heavy atom. The van der Waals surface area contributed by atoms with Crippen LogP contribution in [0.5, 0.6) is 0 Å². The Morgan fingerprint density at radius 3 is 3.09 bits per heavy atom. The second-order valence-electron chi connectivity index (χ2n) is 3.04. The molecule has 0 saturated heterocycles. The van der Waals surface area contributed by atoms with Crippen molar-refractivity contribution in [2.75, 3.05) is 6.54 Å². The van der Waals surface area contributed by atoms with E-state index in [0.717, 1.165) is 11.9 Å². The molecule has 1 aromatic rings. The number of nitrogens with zero attached hydrogens (tertiary/aromatic N) is 1. The minimum Gasteiger partial charge on any atom is -0.284 e. The first-order chi connectivity index (χ1) is 5.36. The largest absolute Gasteiger partial charge is 0.284 e. The summed E-state index contributed by atoms with van der Waals surface area (Å²) in [5, 5.41) is 2.43. The third-order valence-electron chi connectivity index (χ3n) is 1.95. The minimum absolute atomic E-state index is 0.602. The van der Waals surface area contributed by atoms with E-state index in [4.69, 9.17) is 0 Å². The first-order valence-corrected chi connectivity index (χ1v) is 3.97. The van der Waals surface area contributed by atoms with Crippen molar-refractivity contribution >= 4 is 6.08 Å².